The molecule has 2 rings (SSSR count). The molecule has 1 fully saturated rings. The number of nitrogens with one attached hydrogen (secondary N) is 1. The van der Waals surface area contributed by atoms with Crippen molar-refractivity contribution < 1.29 is 9.47 Å². The molecule has 1 aliphatic rings. The smallest absolute Gasteiger partial charge is 0.233 e. The number of hydrogen-bond acceptors (Lipinski definition) is 5. The van der Waals surface area contributed by atoms with Gasteiger partial charge in [0.15, 0.2) is 0 Å². The summed E-state index contributed by atoms with van der Waals surface area (Å²) in [5, 5.41) is 10.7. The van der Waals surface area contributed by atoms with Crippen molar-refractivity contribution in [2.45, 2.75) is 12.5 Å². The molecule has 0 amide bonds. The molecule has 0 radical (unpaired) electrons. The van der Waals surface area contributed by atoms with Gasteiger partial charge < -0.3 is 14.8 Å². The minimum Gasteiger partial charge on any atom is -0.471 e. The van der Waals surface area contributed by atoms with E-state index in [0.717, 1.165) is 18.8 Å². The van der Waals surface area contributed by atoms with Crippen molar-refractivity contribution in [3.05, 3.63) is 12.1 Å². The van der Waals surface area contributed by atoms with Crippen LogP contribution in [0.25, 0.3) is 0 Å². The third kappa shape index (κ3) is 2.11. The highest BCUT2D eigenvalue weighted by molar-refractivity contribution is 5.32. The summed E-state index contributed by atoms with van der Waals surface area (Å²) in [6.07, 6.45) is 1.06. The van der Waals surface area contributed by atoms with Crippen LogP contribution in [0.1, 0.15) is 6.42 Å². The fourth-order valence-electron chi connectivity index (χ4n) is 1.29. The van der Waals surface area contributed by atoms with E-state index < -0.39 is 0 Å². The van der Waals surface area contributed by atoms with Crippen molar-refractivity contribution in [2.24, 2.45) is 0 Å². The Hall–Kier alpha value is -1.36. The van der Waals surface area contributed by atoms with Gasteiger partial charge in [0.05, 0.1) is 13.2 Å². The zero-order valence-corrected chi connectivity index (χ0v) is 8.06. The molecule has 0 spiro atoms. The normalized spacial score (nSPS) is 20.8. The van der Waals surface area contributed by atoms with Crippen molar-refractivity contribution in [1.82, 2.24) is 10.2 Å². The number of anilines is 1. The van der Waals surface area contributed by atoms with E-state index in [1.165, 1.54) is 0 Å². The maximum Gasteiger partial charge on any atom is 0.233 e. The van der Waals surface area contributed by atoms with Crippen LogP contribution in [0.2, 0.25) is 0 Å². The van der Waals surface area contributed by atoms with Crippen molar-refractivity contribution in [2.75, 3.05) is 25.6 Å². The molecule has 1 aromatic rings. The second-order valence-electron chi connectivity index (χ2n) is 3.11. The lowest BCUT2D eigenvalue weighted by atomic mass is 10.3. The largest absolute Gasteiger partial charge is 0.471 e. The summed E-state index contributed by atoms with van der Waals surface area (Å²) < 4.78 is 10.7. The molecule has 5 heteroatoms. The molecule has 5 nitrogen and oxygen atoms in total. The van der Waals surface area contributed by atoms with Crippen LogP contribution < -0.4 is 10.1 Å². The van der Waals surface area contributed by atoms with E-state index in [1.54, 1.807) is 13.1 Å². The van der Waals surface area contributed by atoms with Gasteiger partial charge in [-0.3, -0.25) is 0 Å². The SMILES string of the molecule is CNc1ccc(OC2CCOC2)nn1. The molecule has 0 saturated carbocycles. The van der Waals surface area contributed by atoms with E-state index in [4.69, 9.17) is 9.47 Å². The van der Waals surface area contributed by atoms with Crippen molar-refractivity contribution >= 4 is 5.82 Å². The first-order valence-electron chi connectivity index (χ1n) is 4.64. The Morgan fingerprint density at radius 2 is 2.43 bits per heavy atom. The molecule has 1 unspecified atom stereocenters. The van der Waals surface area contributed by atoms with Gasteiger partial charge in [-0.2, -0.15) is 0 Å². The monoisotopic (exact) mass is 195 g/mol. The molecule has 0 aliphatic carbocycles. The highest BCUT2D eigenvalue weighted by Gasteiger charge is 2.17. The van der Waals surface area contributed by atoms with Gasteiger partial charge in [0.1, 0.15) is 11.9 Å². The van der Waals surface area contributed by atoms with Crippen molar-refractivity contribution in [3.8, 4) is 5.88 Å². The van der Waals surface area contributed by atoms with Crippen LogP contribution in [0.4, 0.5) is 5.82 Å². The second-order valence-corrected chi connectivity index (χ2v) is 3.11. The van der Waals surface area contributed by atoms with E-state index in [0.29, 0.717) is 12.5 Å². The molecule has 1 atom stereocenters. The summed E-state index contributed by atoms with van der Waals surface area (Å²) in [7, 11) is 1.80. The third-order valence-electron chi connectivity index (χ3n) is 2.07. The van der Waals surface area contributed by atoms with Gasteiger partial charge in [0, 0.05) is 19.5 Å². The first-order chi connectivity index (χ1) is 6.88. The van der Waals surface area contributed by atoms with E-state index in [-0.39, 0.29) is 6.10 Å². The van der Waals surface area contributed by atoms with Gasteiger partial charge in [-0.15, -0.1) is 10.2 Å². The van der Waals surface area contributed by atoms with Crippen LogP contribution in [0, 0.1) is 0 Å². The first kappa shape index (κ1) is 9.21. The van der Waals surface area contributed by atoms with Crippen LogP contribution in [-0.2, 0) is 4.74 Å². The molecule has 0 aromatic carbocycles. The Balaban J connectivity index is 1.95. The number of ether oxygens (including phenoxy) is 2. The Morgan fingerprint density at radius 3 is 3.00 bits per heavy atom. The van der Waals surface area contributed by atoms with Crippen LogP contribution >= 0.6 is 0 Å². The van der Waals surface area contributed by atoms with Crippen molar-refractivity contribution in [1.29, 1.82) is 0 Å². The summed E-state index contributed by atoms with van der Waals surface area (Å²) in [5.74, 6) is 1.29. The molecule has 0 bridgehead atoms. The summed E-state index contributed by atoms with van der Waals surface area (Å²) in [5.41, 5.74) is 0. The Labute approximate surface area is 82.4 Å². The fraction of sp³-hybridized carbons (Fsp3) is 0.556. The van der Waals surface area contributed by atoms with E-state index in [2.05, 4.69) is 15.5 Å². The summed E-state index contributed by atoms with van der Waals surface area (Å²) in [6.45, 7) is 1.42. The predicted octanol–water partition coefficient (Wildman–Crippen LogP) is 0.686. The van der Waals surface area contributed by atoms with Crippen LogP contribution in [-0.4, -0.2) is 36.6 Å². The van der Waals surface area contributed by atoms with Gasteiger partial charge in [-0.05, 0) is 6.07 Å². The van der Waals surface area contributed by atoms with E-state index in [1.807, 2.05) is 6.07 Å². The Bertz CT molecular complexity index is 283. The number of aromatic nitrogens is 2. The minimum atomic E-state index is 0.129. The van der Waals surface area contributed by atoms with Crippen molar-refractivity contribution in [3.63, 3.8) is 0 Å². The fourth-order valence-corrected chi connectivity index (χ4v) is 1.29. The van der Waals surface area contributed by atoms with Crippen LogP contribution in [0.3, 0.4) is 0 Å². The number of nitrogens with zero attached hydrogens (tertiary/aromatic N) is 2. The molecule has 1 N–H and O–H groups in total. The average Bonchev–Trinajstić information content (AvgIpc) is 2.72. The molecule has 1 aromatic heterocycles. The Morgan fingerprint density at radius 1 is 1.50 bits per heavy atom. The number of rotatable bonds is 3. The zero-order chi connectivity index (χ0) is 9.80. The molecular formula is C9H13N3O2. The number of hydrogen-bond donors (Lipinski definition) is 1. The van der Waals surface area contributed by atoms with Gasteiger partial charge in [0.2, 0.25) is 5.88 Å². The van der Waals surface area contributed by atoms with Gasteiger partial charge in [-0.25, -0.2) is 0 Å². The topological polar surface area (TPSA) is 56.3 Å². The summed E-state index contributed by atoms with van der Waals surface area (Å²) in [4.78, 5) is 0. The van der Waals surface area contributed by atoms with Crippen LogP contribution in [0.15, 0.2) is 12.1 Å². The molecule has 76 valence electrons. The highest BCUT2D eigenvalue weighted by Crippen LogP contribution is 2.14. The minimum absolute atomic E-state index is 0.129. The summed E-state index contributed by atoms with van der Waals surface area (Å²) >= 11 is 0. The lowest BCUT2D eigenvalue weighted by Gasteiger charge is -2.09. The molecule has 2 heterocycles. The van der Waals surface area contributed by atoms with E-state index in [9.17, 15) is 0 Å². The third-order valence-corrected chi connectivity index (χ3v) is 2.07. The standard InChI is InChI=1S/C9H13N3O2/c1-10-8-2-3-9(12-11-8)14-7-4-5-13-6-7/h2-3,7H,4-6H2,1H3,(H,10,11). The van der Waals surface area contributed by atoms with Gasteiger partial charge in [-0.1, -0.05) is 0 Å². The average molecular weight is 195 g/mol. The van der Waals surface area contributed by atoms with Gasteiger partial charge >= 0.3 is 0 Å². The lowest BCUT2D eigenvalue weighted by molar-refractivity contribution is 0.137. The maximum atomic E-state index is 5.55. The van der Waals surface area contributed by atoms with Crippen LogP contribution in [0.5, 0.6) is 5.88 Å². The summed E-state index contributed by atoms with van der Waals surface area (Å²) in [6, 6.07) is 3.63. The second kappa shape index (κ2) is 4.23. The van der Waals surface area contributed by atoms with E-state index >= 15 is 0 Å². The maximum absolute atomic E-state index is 5.55. The molecule has 14 heavy (non-hydrogen) atoms. The highest BCUT2D eigenvalue weighted by atomic mass is 16.5. The van der Waals surface area contributed by atoms with Gasteiger partial charge in [0.25, 0.3) is 0 Å². The first-order valence-corrected chi connectivity index (χ1v) is 4.64. The quantitative estimate of drug-likeness (QED) is 0.768. The molecular weight excluding hydrogens is 182 g/mol. The Kier molecular flexibility index (Phi) is 2.78. The molecule has 1 saturated heterocycles. The molecule has 1 aliphatic heterocycles. The predicted molar refractivity (Wildman–Crippen MR) is 51.4 cm³/mol. The zero-order valence-electron chi connectivity index (χ0n) is 8.06. The lowest BCUT2D eigenvalue weighted by Crippen LogP contribution is -2.16.